The molecule has 0 unspecified atom stereocenters. The topological polar surface area (TPSA) is 54.5 Å². The average Bonchev–Trinajstić information content (AvgIpc) is 3.26. The number of likely N-dealkylation sites (tertiary alicyclic amines) is 1. The molecule has 1 aromatic heterocycles. The average molecular weight is 375 g/mol. The van der Waals surface area contributed by atoms with Crippen LogP contribution in [0.15, 0.2) is 35.2 Å². The minimum absolute atomic E-state index is 0.117. The minimum atomic E-state index is -0.151. The molecule has 5 nitrogen and oxygen atoms in total. The summed E-state index contributed by atoms with van der Waals surface area (Å²) in [6.45, 7) is 3.65. The third-order valence-electron chi connectivity index (χ3n) is 5.38. The van der Waals surface area contributed by atoms with Crippen LogP contribution in [0.1, 0.15) is 28.9 Å². The first kappa shape index (κ1) is 17.6. The van der Waals surface area contributed by atoms with Gasteiger partial charge in [-0.15, -0.1) is 11.3 Å². The largest absolute Gasteiger partial charge is 0.372 e. The molecule has 0 bridgehead atoms. The van der Waals surface area contributed by atoms with Crippen molar-refractivity contribution in [1.82, 2.24) is 15.2 Å². The first-order chi connectivity index (χ1) is 12.7. The Balaban J connectivity index is 1.26. The number of carbonyl (C=O) groups excluding carboxylic acids is 1. The van der Waals surface area contributed by atoms with Crippen molar-refractivity contribution < 1.29 is 13.9 Å². The molecule has 1 amide bonds. The number of hydrogen-bond acceptors (Lipinski definition) is 5. The van der Waals surface area contributed by atoms with E-state index in [1.54, 1.807) is 17.0 Å². The molecule has 4 rings (SSSR count). The molecule has 0 aliphatic carbocycles. The summed E-state index contributed by atoms with van der Waals surface area (Å²) >= 11 is 1.42. The molecule has 2 aromatic rings. The molecular formula is C19H22FN3O2S. The zero-order valence-corrected chi connectivity index (χ0v) is 15.3. The monoisotopic (exact) mass is 375 g/mol. The van der Waals surface area contributed by atoms with Crippen LogP contribution >= 0.6 is 11.3 Å². The maximum atomic E-state index is 13.8. The van der Waals surface area contributed by atoms with Crippen molar-refractivity contribution in [2.24, 2.45) is 5.92 Å². The van der Waals surface area contributed by atoms with Gasteiger partial charge in [0.05, 0.1) is 11.1 Å². The Hall–Kier alpha value is -1.83. The van der Waals surface area contributed by atoms with Gasteiger partial charge in [0, 0.05) is 43.7 Å². The van der Waals surface area contributed by atoms with Crippen molar-refractivity contribution in [2.75, 3.05) is 26.2 Å². The van der Waals surface area contributed by atoms with Gasteiger partial charge in [-0.3, -0.25) is 9.69 Å². The lowest BCUT2D eigenvalue weighted by molar-refractivity contribution is -0.137. The number of thiazole rings is 1. The van der Waals surface area contributed by atoms with Crippen LogP contribution < -0.4 is 5.32 Å². The van der Waals surface area contributed by atoms with E-state index in [0.717, 1.165) is 38.1 Å². The van der Waals surface area contributed by atoms with Gasteiger partial charge in [-0.1, -0.05) is 18.2 Å². The fraction of sp³-hybridized carbons (Fsp3) is 0.474. The summed E-state index contributed by atoms with van der Waals surface area (Å²) < 4.78 is 19.9. The van der Waals surface area contributed by atoms with Gasteiger partial charge >= 0.3 is 0 Å². The smallest absolute Gasteiger partial charge is 0.270 e. The van der Waals surface area contributed by atoms with Crippen molar-refractivity contribution in [1.29, 1.82) is 0 Å². The lowest BCUT2D eigenvalue weighted by Crippen LogP contribution is -2.64. The van der Waals surface area contributed by atoms with Gasteiger partial charge in [0.15, 0.2) is 0 Å². The van der Waals surface area contributed by atoms with Crippen molar-refractivity contribution in [3.05, 3.63) is 52.2 Å². The van der Waals surface area contributed by atoms with Crippen LogP contribution in [-0.2, 0) is 11.3 Å². The van der Waals surface area contributed by atoms with Gasteiger partial charge in [-0.25, -0.2) is 9.37 Å². The fourth-order valence-electron chi connectivity index (χ4n) is 4.01. The molecule has 1 spiro atoms. The number of halogens is 1. The molecule has 2 fully saturated rings. The number of aromatic nitrogens is 1. The number of hydrogen-bond donors (Lipinski definition) is 1. The molecular weight excluding hydrogens is 353 g/mol. The highest BCUT2D eigenvalue weighted by molar-refractivity contribution is 7.07. The molecule has 0 radical (unpaired) electrons. The first-order valence-electron chi connectivity index (χ1n) is 8.92. The summed E-state index contributed by atoms with van der Waals surface area (Å²) in [4.78, 5) is 18.2. The van der Waals surface area contributed by atoms with E-state index < -0.39 is 0 Å². The molecule has 3 heterocycles. The van der Waals surface area contributed by atoms with Gasteiger partial charge in [0.1, 0.15) is 11.5 Å². The van der Waals surface area contributed by atoms with E-state index in [1.165, 1.54) is 17.4 Å². The summed E-state index contributed by atoms with van der Waals surface area (Å²) in [7, 11) is 0. The lowest BCUT2D eigenvalue weighted by atomic mass is 9.78. The van der Waals surface area contributed by atoms with Gasteiger partial charge in [-0.05, 0) is 24.8 Å². The van der Waals surface area contributed by atoms with Crippen molar-refractivity contribution in [2.45, 2.75) is 25.0 Å². The number of amides is 1. The number of nitrogens with one attached hydrogen (secondary N) is 1. The number of rotatable bonds is 6. The van der Waals surface area contributed by atoms with Gasteiger partial charge in [0.25, 0.3) is 5.91 Å². The van der Waals surface area contributed by atoms with Crippen LogP contribution in [-0.4, -0.2) is 47.6 Å². The zero-order chi connectivity index (χ0) is 18.0. The quantitative estimate of drug-likeness (QED) is 0.844. The molecule has 138 valence electrons. The Morgan fingerprint density at radius 2 is 2.27 bits per heavy atom. The van der Waals surface area contributed by atoms with E-state index in [1.807, 2.05) is 12.1 Å². The van der Waals surface area contributed by atoms with E-state index in [0.29, 0.717) is 24.7 Å². The molecule has 7 heteroatoms. The van der Waals surface area contributed by atoms with E-state index in [-0.39, 0.29) is 17.3 Å². The van der Waals surface area contributed by atoms with E-state index in [2.05, 4.69) is 15.2 Å². The summed E-state index contributed by atoms with van der Waals surface area (Å²) in [6.07, 6.45) is 1.91. The molecule has 1 N–H and O–H groups in total. The van der Waals surface area contributed by atoms with Crippen LogP contribution in [0.3, 0.4) is 0 Å². The van der Waals surface area contributed by atoms with Crippen molar-refractivity contribution in [3.8, 4) is 0 Å². The number of benzene rings is 1. The molecule has 26 heavy (non-hydrogen) atoms. The predicted octanol–water partition coefficient (Wildman–Crippen LogP) is 2.69. The Bertz CT molecular complexity index is 762. The molecule has 2 aliphatic rings. The highest BCUT2D eigenvalue weighted by Crippen LogP contribution is 2.42. The van der Waals surface area contributed by atoms with Crippen LogP contribution in [0.2, 0.25) is 0 Å². The van der Waals surface area contributed by atoms with Gasteiger partial charge in [0.2, 0.25) is 0 Å². The summed E-state index contributed by atoms with van der Waals surface area (Å²) in [5.41, 5.74) is 2.74. The van der Waals surface area contributed by atoms with Crippen molar-refractivity contribution >= 4 is 17.2 Å². The standard InChI is InChI=1S/C19H22FN3O2S/c20-16-4-2-1-3-14(16)9-23-11-19(12-23)15(6-8-25-19)5-7-21-18(24)17-10-26-13-22-17/h1-4,10,13,15H,5-9,11-12H2,(H,21,24)/t15-/m0/s1. The predicted molar refractivity (Wildman–Crippen MR) is 97.5 cm³/mol. The second-order valence-corrected chi connectivity index (χ2v) is 7.77. The number of nitrogens with zero attached hydrogens (tertiary/aromatic N) is 2. The van der Waals surface area contributed by atoms with Gasteiger partial charge < -0.3 is 10.1 Å². The van der Waals surface area contributed by atoms with Crippen LogP contribution in [0.25, 0.3) is 0 Å². The maximum Gasteiger partial charge on any atom is 0.270 e. The molecule has 1 aromatic carbocycles. The first-order valence-corrected chi connectivity index (χ1v) is 9.87. The van der Waals surface area contributed by atoms with Crippen LogP contribution in [0.4, 0.5) is 4.39 Å². The van der Waals surface area contributed by atoms with E-state index >= 15 is 0 Å². The van der Waals surface area contributed by atoms with E-state index in [4.69, 9.17) is 4.74 Å². The fourth-order valence-corrected chi connectivity index (χ4v) is 4.54. The molecule has 1 atom stereocenters. The molecule has 2 saturated heterocycles. The normalized spacial score (nSPS) is 21.7. The van der Waals surface area contributed by atoms with Crippen molar-refractivity contribution in [3.63, 3.8) is 0 Å². The number of ether oxygens (including phenoxy) is 1. The lowest BCUT2D eigenvalue weighted by Gasteiger charge is -2.50. The van der Waals surface area contributed by atoms with Crippen LogP contribution in [0.5, 0.6) is 0 Å². The Morgan fingerprint density at radius 3 is 3.04 bits per heavy atom. The van der Waals surface area contributed by atoms with Crippen LogP contribution in [0, 0.1) is 11.7 Å². The zero-order valence-electron chi connectivity index (χ0n) is 14.5. The molecule has 2 aliphatic heterocycles. The Kier molecular flexibility index (Phi) is 5.02. The second-order valence-electron chi connectivity index (χ2n) is 7.05. The van der Waals surface area contributed by atoms with E-state index in [9.17, 15) is 9.18 Å². The third kappa shape index (κ3) is 3.51. The Morgan fingerprint density at radius 1 is 1.42 bits per heavy atom. The number of carbonyl (C=O) groups is 1. The SMILES string of the molecule is O=C(NCC[C@H]1CCOC12CN(Cc1ccccc1F)C2)c1cscn1. The molecule has 0 saturated carbocycles. The minimum Gasteiger partial charge on any atom is -0.372 e. The highest BCUT2D eigenvalue weighted by atomic mass is 32.1. The third-order valence-corrected chi connectivity index (χ3v) is 5.96. The summed E-state index contributed by atoms with van der Waals surface area (Å²) in [6, 6.07) is 6.92. The maximum absolute atomic E-state index is 13.8. The highest BCUT2D eigenvalue weighted by Gasteiger charge is 2.52. The van der Waals surface area contributed by atoms with Gasteiger partial charge in [-0.2, -0.15) is 0 Å². The summed E-state index contributed by atoms with van der Waals surface area (Å²) in [5, 5.41) is 4.69. The Labute approximate surface area is 156 Å². The second kappa shape index (κ2) is 7.42. The summed E-state index contributed by atoms with van der Waals surface area (Å²) in [5.74, 6) is 0.159.